The van der Waals surface area contributed by atoms with E-state index in [0.717, 1.165) is 0 Å². The van der Waals surface area contributed by atoms with Gasteiger partial charge in [-0.1, -0.05) is 11.6 Å². The van der Waals surface area contributed by atoms with Crippen molar-refractivity contribution in [1.29, 1.82) is 0 Å². The fraction of sp³-hybridized carbons (Fsp3) is 0.375. The minimum Gasteiger partial charge on any atom is -0.394 e. The van der Waals surface area contributed by atoms with E-state index in [1.54, 1.807) is 13.8 Å². The first kappa shape index (κ1) is 19.8. The molecule has 1 aromatic heterocycles. The Morgan fingerprint density at radius 1 is 1.42 bits per heavy atom. The van der Waals surface area contributed by atoms with Crippen LogP contribution in [0.1, 0.15) is 30.3 Å². The molecule has 0 fully saturated rings. The number of nitrogens with zero attached hydrogens (tertiary/aromatic N) is 3. The predicted molar refractivity (Wildman–Crippen MR) is 93.8 cm³/mol. The van der Waals surface area contributed by atoms with Gasteiger partial charge in [0, 0.05) is 18.3 Å². The summed E-state index contributed by atoms with van der Waals surface area (Å²) in [6.45, 7) is 2.79. The normalized spacial score (nSPS) is 14.5. The molecule has 3 unspecified atom stereocenters. The van der Waals surface area contributed by atoms with E-state index in [0.29, 0.717) is 16.3 Å². The van der Waals surface area contributed by atoms with Gasteiger partial charge in [0.1, 0.15) is 12.1 Å². The third-order valence-electron chi connectivity index (χ3n) is 3.98. The van der Waals surface area contributed by atoms with Crippen LogP contribution in [0.15, 0.2) is 30.5 Å². The molecule has 0 aliphatic heterocycles. The van der Waals surface area contributed by atoms with Gasteiger partial charge >= 0.3 is 0 Å². The average Bonchev–Trinajstić information content (AvgIpc) is 2.97. The molecule has 0 aliphatic carbocycles. The third kappa shape index (κ3) is 4.37. The van der Waals surface area contributed by atoms with E-state index in [1.807, 2.05) is 0 Å². The van der Waals surface area contributed by atoms with Crippen LogP contribution in [0, 0.1) is 17.0 Å². The number of aryl methyl sites for hydroxylation is 1. The molecular formula is C16H19ClN4O5. The number of hydrogen-bond donors (Lipinski definition) is 3. The smallest absolute Gasteiger partial charge is 0.269 e. The third-order valence-corrected chi connectivity index (χ3v) is 4.35. The maximum Gasteiger partial charge on any atom is 0.269 e. The topological polar surface area (TPSA) is 131 Å². The summed E-state index contributed by atoms with van der Waals surface area (Å²) in [5.74, 6) is -0.468. The number of benzene rings is 1. The number of aromatic nitrogens is 2. The van der Waals surface area contributed by atoms with Crippen molar-refractivity contribution in [3.63, 3.8) is 0 Å². The van der Waals surface area contributed by atoms with Crippen molar-refractivity contribution in [2.75, 3.05) is 6.61 Å². The van der Waals surface area contributed by atoms with Gasteiger partial charge in [-0.3, -0.25) is 19.6 Å². The van der Waals surface area contributed by atoms with Crippen molar-refractivity contribution in [3.8, 4) is 0 Å². The standard InChI is InChI=1S/C16H19ClN4O5/c1-9-13(17)7-20(19-9)10(2)16(24)18-14(8-22)15(23)11-3-5-12(6-4-11)21(25)26/h3-7,10,14-15,22-23H,8H2,1-2H3,(H,18,24). The molecule has 2 aromatic rings. The molecule has 3 atom stereocenters. The van der Waals surface area contributed by atoms with Crippen LogP contribution in [-0.4, -0.2) is 43.5 Å². The Bertz CT molecular complexity index is 773. The van der Waals surface area contributed by atoms with Gasteiger partial charge in [0.25, 0.3) is 5.69 Å². The number of carbonyl (C=O) groups is 1. The number of amides is 1. The molecule has 0 aliphatic rings. The van der Waals surface area contributed by atoms with Crippen LogP contribution in [0.4, 0.5) is 5.69 Å². The van der Waals surface area contributed by atoms with E-state index in [2.05, 4.69) is 10.4 Å². The van der Waals surface area contributed by atoms with Crippen molar-refractivity contribution in [3.05, 3.63) is 56.9 Å². The van der Waals surface area contributed by atoms with Crippen LogP contribution in [0.3, 0.4) is 0 Å². The second kappa shape index (κ2) is 8.26. The predicted octanol–water partition coefficient (Wildman–Crippen LogP) is 1.52. The van der Waals surface area contributed by atoms with Gasteiger partial charge in [-0.05, 0) is 31.5 Å². The largest absolute Gasteiger partial charge is 0.394 e. The summed E-state index contributed by atoms with van der Waals surface area (Å²) >= 11 is 5.93. The Morgan fingerprint density at radius 3 is 2.50 bits per heavy atom. The van der Waals surface area contributed by atoms with Crippen LogP contribution in [0.25, 0.3) is 0 Å². The number of hydrogen-bond acceptors (Lipinski definition) is 6. The number of halogens is 1. The fourth-order valence-corrected chi connectivity index (χ4v) is 2.47. The van der Waals surface area contributed by atoms with E-state index in [-0.39, 0.29) is 5.69 Å². The molecule has 0 saturated heterocycles. The van der Waals surface area contributed by atoms with Crippen molar-refractivity contribution in [2.45, 2.75) is 32.0 Å². The molecule has 140 valence electrons. The van der Waals surface area contributed by atoms with Gasteiger partial charge in [-0.25, -0.2) is 0 Å². The van der Waals surface area contributed by atoms with E-state index in [9.17, 15) is 25.1 Å². The highest BCUT2D eigenvalue weighted by atomic mass is 35.5. The first-order chi connectivity index (χ1) is 12.2. The summed E-state index contributed by atoms with van der Waals surface area (Å²) < 4.78 is 1.39. The molecule has 9 nitrogen and oxygen atoms in total. The summed E-state index contributed by atoms with van der Waals surface area (Å²) in [6.07, 6.45) is 0.280. The summed E-state index contributed by atoms with van der Waals surface area (Å²) in [7, 11) is 0. The van der Waals surface area contributed by atoms with E-state index >= 15 is 0 Å². The Kier molecular flexibility index (Phi) is 6.30. The monoisotopic (exact) mass is 382 g/mol. The van der Waals surface area contributed by atoms with E-state index in [4.69, 9.17) is 11.6 Å². The van der Waals surface area contributed by atoms with Crippen LogP contribution in [0.5, 0.6) is 0 Å². The summed E-state index contributed by atoms with van der Waals surface area (Å²) in [5, 5.41) is 37.7. The molecule has 0 saturated carbocycles. The van der Waals surface area contributed by atoms with Crippen LogP contribution in [0.2, 0.25) is 5.02 Å². The molecular weight excluding hydrogens is 364 g/mol. The molecule has 26 heavy (non-hydrogen) atoms. The number of nitro benzene ring substituents is 1. The minimum absolute atomic E-state index is 0.120. The first-order valence-electron chi connectivity index (χ1n) is 7.79. The van der Waals surface area contributed by atoms with Crippen LogP contribution >= 0.6 is 11.6 Å². The molecule has 1 heterocycles. The van der Waals surface area contributed by atoms with E-state index < -0.39 is 35.6 Å². The number of nitro groups is 1. The lowest BCUT2D eigenvalue weighted by Crippen LogP contribution is -2.44. The number of aliphatic hydroxyl groups excluding tert-OH is 2. The summed E-state index contributed by atoms with van der Waals surface area (Å²) in [4.78, 5) is 22.5. The van der Waals surface area contributed by atoms with Crippen molar-refractivity contribution >= 4 is 23.2 Å². The molecule has 0 spiro atoms. The Morgan fingerprint density at radius 2 is 2.04 bits per heavy atom. The number of non-ortho nitro benzene ring substituents is 1. The first-order valence-corrected chi connectivity index (χ1v) is 8.17. The zero-order valence-corrected chi connectivity index (χ0v) is 14.9. The van der Waals surface area contributed by atoms with E-state index in [1.165, 1.54) is 35.1 Å². The zero-order valence-electron chi connectivity index (χ0n) is 14.2. The molecule has 1 aromatic carbocycles. The highest BCUT2D eigenvalue weighted by Gasteiger charge is 2.26. The quantitative estimate of drug-likeness (QED) is 0.491. The fourth-order valence-electron chi connectivity index (χ4n) is 2.33. The highest BCUT2D eigenvalue weighted by molar-refractivity contribution is 6.31. The second-order valence-electron chi connectivity index (χ2n) is 5.81. The van der Waals surface area contributed by atoms with Crippen molar-refractivity contribution < 1.29 is 19.9 Å². The van der Waals surface area contributed by atoms with Gasteiger partial charge in [-0.15, -0.1) is 0 Å². The minimum atomic E-state index is -1.24. The zero-order chi connectivity index (χ0) is 19.4. The average molecular weight is 383 g/mol. The molecule has 1 amide bonds. The van der Waals surface area contributed by atoms with Crippen LogP contribution in [-0.2, 0) is 4.79 Å². The van der Waals surface area contributed by atoms with Crippen LogP contribution < -0.4 is 5.32 Å². The molecule has 0 radical (unpaired) electrons. The van der Waals surface area contributed by atoms with Gasteiger partial charge < -0.3 is 15.5 Å². The molecule has 10 heteroatoms. The Labute approximate surface area is 154 Å². The Hall–Kier alpha value is -2.49. The van der Waals surface area contributed by atoms with Crippen molar-refractivity contribution in [2.24, 2.45) is 0 Å². The highest BCUT2D eigenvalue weighted by Crippen LogP contribution is 2.21. The number of rotatable bonds is 7. The van der Waals surface area contributed by atoms with Gasteiger partial charge in [0.15, 0.2) is 0 Å². The lowest BCUT2D eigenvalue weighted by molar-refractivity contribution is -0.384. The molecule has 2 rings (SSSR count). The summed E-state index contributed by atoms with van der Waals surface area (Å²) in [6, 6.07) is 3.53. The maximum absolute atomic E-state index is 12.4. The SMILES string of the molecule is Cc1nn(C(C)C(=O)NC(CO)C(O)c2ccc([N+](=O)[O-])cc2)cc1Cl. The number of aliphatic hydroxyl groups is 2. The molecule has 0 bridgehead atoms. The second-order valence-corrected chi connectivity index (χ2v) is 6.22. The van der Waals surface area contributed by atoms with Gasteiger partial charge in [0.05, 0.1) is 28.3 Å². The lowest BCUT2D eigenvalue weighted by atomic mass is 10.0. The molecule has 3 N–H and O–H groups in total. The number of carbonyl (C=O) groups excluding carboxylic acids is 1. The number of nitrogens with one attached hydrogen (secondary N) is 1. The Balaban J connectivity index is 2.09. The summed E-state index contributed by atoms with van der Waals surface area (Å²) in [5.41, 5.74) is 0.793. The maximum atomic E-state index is 12.4. The lowest BCUT2D eigenvalue weighted by Gasteiger charge is -2.24. The van der Waals surface area contributed by atoms with Gasteiger partial charge in [0.2, 0.25) is 5.91 Å². The van der Waals surface area contributed by atoms with Gasteiger partial charge in [-0.2, -0.15) is 5.10 Å². The van der Waals surface area contributed by atoms with Crippen molar-refractivity contribution in [1.82, 2.24) is 15.1 Å².